The van der Waals surface area contributed by atoms with Crippen molar-refractivity contribution < 1.29 is 23.1 Å². The number of amides is 1. The van der Waals surface area contributed by atoms with E-state index in [1.54, 1.807) is 12.4 Å². The second kappa shape index (κ2) is 9.15. The highest BCUT2D eigenvalue weighted by Crippen LogP contribution is 2.40. The standard InChI is InChI=1S/C20H22F3N5O2S/c1-14-5-3-4-6-15(14)28-12-10-26-18(28)31-13-16(29)24-8-7-19(30,20(21,22)23)17-25-9-11-27(17)2/h3-6,9-12,30H,7-8,13H2,1-2H3,(H,24,29). The van der Waals surface area contributed by atoms with Crippen molar-refractivity contribution in [1.29, 1.82) is 0 Å². The SMILES string of the molecule is Cc1ccccc1-n1ccnc1SCC(=O)NCCC(O)(c1nccn1C)C(F)(F)F. The number of aryl methyl sites for hydroxylation is 2. The first kappa shape index (κ1) is 22.9. The zero-order valence-electron chi connectivity index (χ0n) is 16.9. The molecular weight excluding hydrogens is 431 g/mol. The number of para-hydroxylation sites is 1. The maximum Gasteiger partial charge on any atom is 0.424 e. The van der Waals surface area contributed by atoms with Crippen LogP contribution in [0.5, 0.6) is 0 Å². The number of hydrogen-bond acceptors (Lipinski definition) is 5. The Morgan fingerprint density at radius 2 is 1.90 bits per heavy atom. The summed E-state index contributed by atoms with van der Waals surface area (Å²) in [4.78, 5) is 20.1. The first-order valence-electron chi connectivity index (χ1n) is 9.39. The lowest BCUT2D eigenvalue weighted by molar-refractivity contribution is -0.272. The van der Waals surface area contributed by atoms with Gasteiger partial charge in [0.25, 0.3) is 0 Å². The molecule has 1 aromatic carbocycles. The van der Waals surface area contributed by atoms with Gasteiger partial charge in [0, 0.05) is 44.8 Å². The van der Waals surface area contributed by atoms with Crippen LogP contribution in [0.1, 0.15) is 17.8 Å². The summed E-state index contributed by atoms with van der Waals surface area (Å²) in [5.41, 5.74) is -1.20. The highest BCUT2D eigenvalue weighted by atomic mass is 32.2. The smallest absolute Gasteiger partial charge is 0.374 e. The highest BCUT2D eigenvalue weighted by molar-refractivity contribution is 7.99. The van der Waals surface area contributed by atoms with Crippen LogP contribution in [-0.2, 0) is 17.4 Å². The third-order valence-electron chi connectivity index (χ3n) is 4.78. The minimum atomic E-state index is -4.94. The number of aliphatic hydroxyl groups is 1. The molecule has 7 nitrogen and oxygen atoms in total. The Balaban J connectivity index is 1.59. The molecule has 2 aromatic heterocycles. The van der Waals surface area contributed by atoms with E-state index in [0.717, 1.165) is 15.8 Å². The first-order valence-corrected chi connectivity index (χ1v) is 10.4. The van der Waals surface area contributed by atoms with Crippen LogP contribution in [-0.4, -0.2) is 48.6 Å². The van der Waals surface area contributed by atoms with E-state index in [2.05, 4.69) is 15.3 Å². The molecule has 1 amide bonds. The molecule has 0 saturated carbocycles. The molecule has 0 spiro atoms. The van der Waals surface area contributed by atoms with Crippen LogP contribution < -0.4 is 5.32 Å². The summed E-state index contributed by atoms with van der Waals surface area (Å²) in [7, 11) is 1.37. The summed E-state index contributed by atoms with van der Waals surface area (Å²) in [6, 6.07) is 7.70. The Kier molecular flexibility index (Phi) is 6.75. The van der Waals surface area contributed by atoms with E-state index in [-0.39, 0.29) is 12.3 Å². The van der Waals surface area contributed by atoms with Crippen molar-refractivity contribution in [2.45, 2.75) is 30.3 Å². The van der Waals surface area contributed by atoms with Crippen LogP contribution in [0.2, 0.25) is 0 Å². The van der Waals surface area contributed by atoms with E-state index in [4.69, 9.17) is 0 Å². The molecule has 0 saturated heterocycles. The van der Waals surface area contributed by atoms with Crippen LogP contribution in [0.4, 0.5) is 13.2 Å². The number of rotatable bonds is 8. The normalized spacial score (nSPS) is 13.7. The largest absolute Gasteiger partial charge is 0.424 e. The lowest BCUT2D eigenvalue weighted by Gasteiger charge is -2.29. The number of alkyl halides is 3. The number of imidazole rings is 2. The number of nitrogens with one attached hydrogen (secondary N) is 1. The van der Waals surface area contributed by atoms with Crippen molar-refractivity contribution >= 4 is 17.7 Å². The number of carbonyl (C=O) groups is 1. The lowest BCUT2D eigenvalue weighted by atomic mass is 9.97. The quantitative estimate of drug-likeness (QED) is 0.513. The van der Waals surface area contributed by atoms with Crippen molar-refractivity contribution in [3.63, 3.8) is 0 Å². The maximum atomic E-state index is 13.5. The number of nitrogens with zero attached hydrogens (tertiary/aromatic N) is 4. The van der Waals surface area contributed by atoms with Crippen LogP contribution in [0.3, 0.4) is 0 Å². The van der Waals surface area contributed by atoms with Gasteiger partial charge < -0.3 is 15.0 Å². The summed E-state index contributed by atoms with van der Waals surface area (Å²) in [6.45, 7) is 1.59. The van der Waals surface area contributed by atoms with Crippen LogP contribution in [0, 0.1) is 6.92 Å². The van der Waals surface area contributed by atoms with E-state index in [1.807, 2.05) is 35.8 Å². The fraction of sp³-hybridized carbons (Fsp3) is 0.350. The van der Waals surface area contributed by atoms with E-state index < -0.39 is 29.9 Å². The molecule has 1 unspecified atom stereocenters. The summed E-state index contributed by atoms with van der Waals surface area (Å²) >= 11 is 1.17. The van der Waals surface area contributed by atoms with Crippen molar-refractivity contribution in [3.05, 3.63) is 60.4 Å². The molecule has 0 fully saturated rings. The van der Waals surface area contributed by atoms with Gasteiger partial charge in [0.2, 0.25) is 11.5 Å². The maximum absolute atomic E-state index is 13.5. The van der Waals surface area contributed by atoms with Gasteiger partial charge in [0.15, 0.2) is 5.16 Å². The van der Waals surface area contributed by atoms with E-state index >= 15 is 0 Å². The van der Waals surface area contributed by atoms with Crippen molar-refractivity contribution in [3.8, 4) is 5.69 Å². The number of benzene rings is 1. The molecule has 11 heteroatoms. The zero-order valence-corrected chi connectivity index (χ0v) is 17.7. The van der Waals surface area contributed by atoms with E-state index in [1.165, 1.54) is 31.2 Å². The molecule has 2 N–H and O–H groups in total. The fourth-order valence-electron chi connectivity index (χ4n) is 3.12. The molecule has 31 heavy (non-hydrogen) atoms. The Hall–Kier alpha value is -2.79. The molecule has 3 rings (SSSR count). The van der Waals surface area contributed by atoms with Gasteiger partial charge in [-0.25, -0.2) is 9.97 Å². The average Bonchev–Trinajstić information content (AvgIpc) is 3.34. The number of carbonyl (C=O) groups excluding carboxylic acids is 1. The second-order valence-corrected chi connectivity index (χ2v) is 7.92. The van der Waals surface area contributed by atoms with Gasteiger partial charge in [-0.3, -0.25) is 9.36 Å². The predicted molar refractivity (Wildman–Crippen MR) is 110 cm³/mol. The van der Waals surface area contributed by atoms with Gasteiger partial charge in [-0.05, 0) is 18.6 Å². The minimum Gasteiger partial charge on any atom is -0.374 e. The van der Waals surface area contributed by atoms with Crippen molar-refractivity contribution in [2.24, 2.45) is 7.05 Å². The minimum absolute atomic E-state index is 0.0320. The molecule has 0 aliphatic heterocycles. The van der Waals surface area contributed by atoms with Crippen molar-refractivity contribution in [2.75, 3.05) is 12.3 Å². The summed E-state index contributed by atoms with van der Waals surface area (Å²) < 4.78 is 43.5. The van der Waals surface area contributed by atoms with Gasteiger partial charge in [-0.2, -0.15) is 13.2 Å². The summed E-state index contributed by atoms with van der Waals surface area (Å²) in [6.07, 6.45) is 0.191. The van der Waals surface area contributed by atoms with Gasteiger partial charge >= 0.3 is 6.18 Å². The van der Waals surface area contributed by atoms with Gasteiger partial charge in [-0.15, -0.1) is 0 Å². The molecule has 2 heterocycles. The topological polar surface area (TPSA) is 85.0 Å². The van der Waals surface area contributed by atoms with Gasteiger partial charge in [-0.1, -0.05) is 30.0 Å². The van der Waals surface area contributed by atoms with E-state index in [9.17, 15) is 23.1 Å². The third-order valence-corrected chi connectivity index (χ3v) is 5.75. The second-order valence-electron chi connectivity index (χ2n) is 6.97. The first-order chi connectivity index (χ1) is 14.6. The van der Waals surface area contributed by atoms with Crippen LogP contribution in [0.25, 0.3) is 5.69 Å². The van der Waals surface area contributed by atoms with Crippen LogP contribution >= 0.6 is 11.8 Å². The molecule has 166 valence electrons. The Labute approximate surface area is 181 Å². The summed E-state index contributed by atoms with van der Waals surface area (Å²) in [5.74, 6) is -1.02. The number of aromatic nitrogens is 4. The molecule has 1 atom stereocenters. The zero-order chi connectivity index (χ0) is 22.6. The summed E-state index contributed by atoms with van der Waals surface area (Å²) in [5, 5.41) is 13.3. The average molecular weight is 453 g/mol. The number of hydrogen-bond donors (Lipinski definition) is 2. The molecule has 3 aromatic rings. The fourth-order valence-corrected chi connectivity index (χ4v) is 3.92. The number of halogens is 3. The van der Waals surface area contributed by atoms with Gasteiger partial charge in [0.1, 0.15) is 5.82 Å². The lowest BCUT2D eigenvalue weighted by Crippen LogP contribution is -2.46. The number of thioether (sulfide) groups is 1. The van der Waals surface area contributed by atoms with E-state index in [0.29, 0.717) is 5.16 Å². The Bertz CT molecular complexity index is 1050. The third kappa shape index (κ3) is 4.93. The monoisotopic (exact) mass is 453 g/mol. The highest BCUT2D eigenvalue weighted by Gasteiger charge is 2.57. The predicted octanol–water partition coefficient (Wildman–Crippen LogP) is 2.96. The Morgan fingerprint density at radius 3 is 2.55 bits per heavy atom. The van der Waals surface area contributed by atoms with Gasteiger partial charge in [0.05, 0.1) is 11.4 Å². The molecule has 0 bridgehead atoms. The molecule has 0 radical (unpaired) electrons. The molecule has 0 aliphatic rings. The molecule has 0 aliphatic carbocycles. The van der Waals surface area contributed by atoms with Crippen molar-refractivity contribution in [1.82, 2.24) is 24.4 Å². The van der Waals surface area contributed by atoms with Crippen LogP contribution in [0.15, 0.2) is 54.2 Å². The molecular formula is C20H22F3N5O2S. The Morgan fingerprint density at radius 1 is 1.19 bits per heavy atom.